The Kier molecular flexibility index (Phi) is 6.61. The molecule has 0 aromatic heterocycles. The maximum absolute atomic E-state index is 11.9. The van der Waals surface area contributed by atoms with Gasteiger partial charge in [-0.25, -0.2) is 0 Å². The highest BCUT2D eigenvalue weighted by Gasteiger charge is 2.29. The number of hydrogen-bond donors (Lipinski definition) is 0. The Morgan fingerprint density at radius 3 is 2.75 bits per heavy atom. The lowest BCUT2D eigenvalue weighted by molar-refractivity contribution is -0.121. The highest BCUT2D eigenvalue weighted by Crippen LogP contribution is 2.30. The number of ether oxygens (including phenoxy) is 1. The van der Waals surface area contributed by atoms with Crippen molar-refractivity contribution in [3.05, 3.63) is 0 Å². The zero-order valence-electron chi connectivity index (χ0n) is 9.83. The van der Waals surface area contributed by atoms with Crippen molar-refractivity contribution in [2.45, 2.75) is 26.7 Å². The lowest BCUT2D eigenvalue weighted by Gasteiger charge is -2.22. The van der Waals surface area contributed by atoms with E-state index in [0.717, 1.165) is 12.5 Å². The summed E-state index contributed by atoms with van der Waals surface area (Å²) in [7, 11) is 0. The summed E-state index contributed by atoms with van der Waals surface area (Å²) in [5.74, 6) is 1.47. The molecule has 0 aromatic rings. The number of rotatable bonds is 8. The van der Waals surface area contributed by atoms with E-state index in [4.69, 9.17) is 7.80 Å². The molecule has 0 aliphatic heterocycles. The molecular formula is C11H19IO3S. The lowest BCUT2D eigenvalue weighted by Crippen LogP contribution is -2.28. The molecule has 0 N–H and O–H groups in total. The Hall–Kier alpha value is 0.670. The summed E-state index contributed by atoms with van der Waals surface area (Å²) in [5, 5.41) is 0.191. The molecule has 0 atom stereocenters. The molecule has 1 rings (SSSR count). The van der Waals surface area contributed by atoms with Crippen LogP contribution in [0.25, 0.3) is 0 Å². The molecule has 1 saturated carbocycles. The average molecular weight is 358 g/mol. The molecule has 0 spiro atoms. The predicted octanol–water partition coefficient (Wildman–Crippen LogP) is 3.07. The molecule has 1 aliphatic carbocycles. The molecule has 0 aromatic carbocycles. The van der Waals surface area contributed by atoms with E-state index in [1.165, 1.54) is 24.6 Å². The molecular weight excluding hydrogens is 339 g/mol. The van der Waals surface area contributed by atoms with Gasteiger partial charge in [-0.2, -0.15) is 0 Å². The van der Waals surface area contributed by atoms with Gasteiger partial charge in [-0.05, 0) is 32.6 Å². The highest BCUT2D eigenvalue weighted by molar-refractivity contribution is 14.1. The molecule has 0 heterocycles. The first-order chi connectivity index (χ1) is 7.56. The van der Waals surface area contributed by atoms with Crippen LogP contribution in [0.3, 0.4) is 0 Å². The molecule has 1 fully saturated rings. The zero-order chi connectivity index (χ0) is 12.0. The minimum Gasteiger partial charge on any atom is -0.380 e. The molecule has 0 bridgehead atoms. The van der Waals surface area contributed by atoms with Gasteiger partial charge >= 0.3 is 0 Å². The third kappa shape index (κ3) is 5.84. The third-order valence-corrected chi connectivity index (χ3v) is 4.09. The number of carbonyl (C=O) groups is 1. The Balaban J connectivity index is 2.15. The number of hydrogen-bond acceptors (Lipinski definition) is 4. The molecule has 0 saturated heterocycles. The number of thioether (sulfide) groups is 1. The average Bonchev–Trinajstić information content (AvgIpc) is 3.01. The van der Waals surface area contributed by atoms with Gasteiger partial charge in [-0.1, -0.05) is 11.8 Å². The van der Waals surface area contributed by atoms with Gasteiger partial charge in [0.15, 0.2) is 5.12 Å². The van der Waals surface area contributed by atoms with Crippen molar-refractivity contribution in [1.82, 2.24) is 0 Å². The van der Waals surface area contributed by atoms with Crippen LogP contribution < -0.4 is 0 Å². The molecule has 1 aliphatic rings. The van der Waals surface area contributed by atoms with Gasteiger partial charge in [-0.3, -0.25) is 4.79 Å². The van der Waals surface area contributed by atoms with Gasteiger partial charge in [0.1, 0.15) is 23.0 Å². The topological polar surface area (TPSA) is 35.5 Å². The summed E-state index contributed by atoms with van der Waals surface area (Å²) in [5.41, 5.74) is -0.384. The largest absolute Gasteiger partial charge is 0.380 e. The maximum Gasteiger partial charge on any atom is 0.196 e. The normalized spacial score (nSPS) is 16.4. The van der Waals surface area contributed by atoms with Crippen molar-refractivity contribution in [3.63, 3.8) is 0 Å². The molecule has 0 unspecified atom stereocenters. The van der Waals surface area contributed by atoms with Crippen molar-refractivity contribution in [3.8, 4) is 0 Å². The van der Waals surface area contributed by atoms with E-state index in [-0.39, 0.29) is 10.5 Å². The van der Waals surface area contributed by atoms with Crippen molar-refractivity contribution in [2.24, 2.45) is 11.3 Å². The van der Waals surface area contributed by atoms with E-state index in [9.17, 15) is 4.79 Å². The van der Waals surface area contributed by atoms with Crippen LogP contribution in [0.4, 0.5) is 0 Å². The monoisotopic (exact) mass is 358 g/mol. The summed E-state index contributed by atoms with van der Waals surface area (Å²) >= 11 is 3.18. The Labute approximate surface area is 116 Å². The van der Waals surface area contributed by atoms with Crippen molar-refractivity contribution < 1.29 is 12.6 Å². The van der Waals surface area contributed by atoms with Crippen LogP contribution in [0.1, 0.15) is 26.7 Å². The standard InChI is InChI=1S/C11H19IO3S/c1-11(2,8-14-7-9-3-4-9)10(13)16-6-5-15-12/h9H,3-8H2,1-2H3. The van der Waals surface area contributed by atoms with Gasteiger partial charge < -0.3 is 7.80 Å². The summed E-state index contributed by atoms with van der Waals surface area (Å²) < 4.78 is 10.5. The van der Waals surface area contributed by atoms with Crippen LogP contribution in [0.5, 0.6) is 0 Å². The van der Waals surface area contributed by atoms with E-state index in [1.807, 2.05) is 36.9 Å². The van der Waals surface area contributed by atoms with Crippen LogP contribution in [0, 0.1) is 11.3 Å². The predicted molar refractivity (Wildman–Crippen MR) is 74.8 cm³/mol. The molecule has 94 valence electrons. The SMILES string of the molecule is CC(C)(COCC1CC1)C(=O)SCCOI. The van der Waals surface area contributed by atoms with E-state index in [1.54, 1.807) is 0 Å². The number of halogens is 1. The molecule has 3 nitrogen and oxygen atoms in total. The first kappa shape index (κ1) is 14.7. The Morgan fingerprint density at radius 2 is 2.19 bits per heavy atom. The van der Waals surface area contributed by atoms with Gasteiger partial charge in [0.25, 0.3) is 0 Å². The molecule has 5 heteroatoms. The highest BCUT2D eigenvalue weighted by atomic mass is 127. The minimum absolute atomic E-state index is 0.191. The van der Waals surface area contributed by atoms with Crippen LogP contribution in [-0.4, -0.2) is 30.7 Å². The van der Waals surface area contributed by atoms with Gasteiger partial charge in [0.05, 0.1) is 18.6 Å². The van der Waals surface area contributed by atoms with Crippen molar-refractivity contribution in [1.29, 1.82) is 0 Å². The zero-order valence-corrected chi connectivity index (χ0v) is 12.8. The first-order valence-electron chi connectivity index (χ1n) is 5.55. The second-order valence-electron chi connectivity index (χ2n) is 4.79. The minimum atomic E-state index is -0.384. The van der Waals surface area contributed by atoms with Crippen molar-refractivity contribution >= 4 is 39.9 Å². The fraction of sp³-hybridized carbons (Fsp3) is 0.909. The Morgan fingerprint density at radius 1 is 1.50 bits per heavy atom. The van der Waals surface area contributed by atoms with Crippen LogP contribution in [0.15, 0.2) is 0 Å². The van der Waals surface area contributed by atoms with Gasteiger partial charge in [0.2, 0.25) is 0 Å². The fourth-order valence-corrected chi connectivity index (χ4v) is 2.51. The lowest BCUT2D eigenvalue weighted by atomic mass is 9.97. The van der Waals surface area contributed by atoms with Crippen molar-refractivity contribution in [2.75, 3.05) is 25.6 Å². The summed E-state index contributed by atoms with van der Waals surface area (Å²) in [6.45, 7) is 5.84. The van der Waals surface area contributed by atoms with E-state index in [0.29, 0.717) is 19.0 Å². The summed E-state index contributed by atoms with van der Waals surface area (Å²) in [4.78, 5) is 11.9. The van der Waals surface area contributed by atoms with E-state index >= 15 is 0 Å². The van der Waals surface area contributed by atoms with Crippen LogP contribution >= 0.6 is 34.8 Å². The van der Waals surface area contributed by atoms with Gasteiger partial charge in [-0.15, -0.1) is 0 Å². The first-order valence-corrected chi connectivity index (χ1v) is 7.41. The maximum atomic E-state index is 11.9. The third-order valence-electron chi connectivity index (χ3n) is 2.46. The smallest absolute Gasteiger partial charge is 0.196 e. The summed E-state index contributed by atoms with van der Waals surface area (Å²) in [6.07, 6.45) is 2.58. The van der Waals surface area contributed by atoms with E-state index in [2.05, 4.69) is 0 Å². The van der Waals surface area contributed by atoms with Crippen LogP contribution in [-0.2, 0) is 12.6 Å². The van der Waals surface area contributed by atoms with Gasteiger partial charge in [0, 0.05) is 12.4 Å². The second kappa shape index (κ2) is 7.18. The second-order valence-corrected chi connectivity index (χ2v) is 6.48. The molecule has 0 amide bonds. The Bertz CT molecular complexity index is 229. The fourth-order valence-electron chi connectivity index (χ4n) is 1.19. The van der Waals surface area contributed by atoms with Crippen LogP contribution in [0.2, 0.25) is 0 Å². The molecule has 16 heavy (non-hydrogen) atoms. The number of carbonyl (C=O) groups excluding carboxylic acids is 1. The quantitative estimate of drug-likeness (QED) is 0.494. The summed E-state index contributed by atoms with van der Waals surface area (Å²) in [6, 6.07) is 0. The van der Waals surface area contributed by atoms with E-state index < -0.39 is 0 Å². The molecule has 0 radical (unpaired) electrons.